The van der Waals surface area contributed by atoms with Gasteiger partial charge in [-0.05, 0) is 43.5 Å². The number of benzene rings is 1. The van der Waals surface area contributed by atoms with Crippen molar-refractivity contribution in [3.05, 3.63) is 30.1 Å². The van der Waals surface area contributed by atoms with E-state index < -0.39 is 5.54 Å². The quantitative estimate of drug-likeness (QED) is 0.670. The summed E-state index contributed by atoms with van der Waals surface area (Å²) < 4.78 is 18.3. The van der Waals surface area contributed by atoms with Crippen LogP contribution in [0.1, 0.15) is 38.5 Å². The zero-order chi connectivity index (χ0) is 16.3. The van der Waals surface area contributed by atoms with E-state index in [1.54, 1.807) is 12.1 Å². The Labute approximate surface area is 134 Å². The van der Waals surface area contributed by atoms with Gasteiger partial charge < -0.3 is 10.1 Å². The number of amides is 3. The number of nitrogens with one attached hydrogen (secondary N) is 1. The van der Waals surface area contributed by atoms with Gasteiger partial charge in [0.15, 0.2) is 0 Å². The number of hydrogen-bond acceptors (Lipinski definition) is 3. The molecule has 1 heterocycles. The molecule has 0 aromatic heterocycles. The predicted octanol–water partition coefficient (Wildman–Crippen LogP) is 2.85. The smallest absolute Gasteiger partial charge is 0.325 e. The highest BCUT2D eigenvalue weighted by atomic mass is 19.1. The summed E-state index contributed by atoms with van der Waals surface area (Å²) in [4.78, 5) is 25.9. The van der Waals surface area contributed by atoms with E-state index in [-0.39, 0.29) is 17.8 Å². The molecule has 3 rings (SSSR count). The third-order valence-corrected chi connectivity index (χ3v) is 4.56. The number of imide groups is 1. The Bertz CT molecular complexity index is 582. The van der Waals surface area contributed by atoms with Gasteiger partial charge in [-0.2, -0.15) is 0 Å². The highest BCUT2D eigenvalue weighted by molar-refractivity contribution is 6.07. The van der Waals surface area contributed by atoms with Gasteiger partial charge in [0.05, 0.1) is 6.61 Å². The van der Waals surface area contributed by atoms with Gasteiger partial charge in [-0.15, -0.1) is 0 Å². The van der Waals surface area contributed by atoms with Gasteiger partial charge in [0.25, 0.3) is 5.91 Å². The van der Waals surface area contributed by atoms with Gasteiger partial charge in [0.2, 0.25) is 0 Å². The molecule has 0 unspecified atom stereocenters. The standard InChI is InChI=1S/C17H21FN2O3/c18-13-5-7-14(8-6-13)23-12-4-11-20-15(21)17(19-16(20)22)9-2-1-3-10-17/h5-8H,1-4,9-12H2,(H,19,22). The number of carbonyl (C=O) groups is 2. The Hall–Kier alpha value is -2.11. The lowest BCUT2D eigenvalue weighted by molar-refractivity contribution is -0.132. The van der Waals surface area contributed by atoms with Crippen molar-refractivity contribution < 1.29 is 18.7 Å². The molecule has 2 aliphatic rings. The van der Waals surface area contributed by atoms with Gasteiger partial charge in [-0.25, -0.2) is 9.18 Å². The van der Waals surface area contributed by atoms with Gasteiger partial charge in [0.1, 0.15) is 17.1 Å². The van der Waals surface area contributed by atoms with E-state index in [1.807, 2.05) is 0 Å². The number of ether oxygens (including phenoxy) is 1. The zero-order valence-corrected chi connectivity index (χ0v) is 13.0. The molecule has 0 bridgehead atoms. The first-order valence-electron chi connectivity index (χ1n) is 8.13. The van der Waals surface area contributed by atoms with Crippen molar-refractivity contribution in [2.45, 2.75) is 44.1 Å². The van der Waals surface area contributed by atoms with Crippen molar-refractivity contribution in [3.63, 3.8) is 0 Å². The first-order valence-corrected chi connectivity index (χ1v) is 8.13. The minimum absolute atomic E-state index is 0.0935. The van der Waals surface area contributed by atoms with Crippen LogP contribution in [0.4, 0.5) is 9.18 Å². The summed E-state index contributed by atoms with van der Waals surface area (Å²) in [5, 5.41) is 2.89. The summed E-state index contributed by atoms with van der Waals surface area (Å²) in [6.07, 6.45) is 5.10. The fraction of sp³-hybridized carbons (Fsp3) is 0.529. The molecule has 1 aromatic carbocycles. The Morgan fingerprint density at radius 1 is 1.13 bits per heavy atom. The number of nitrogens with zero attached hydrogens (tertiary/aromatic N) is 1. The fourth-order valence-corrected chi connectivity index (χ4v) is 3.32. The summed E-state index contributed by atoms with van der Waals surface area (Å²) in [6, 6.07) is 5.48. The maximum absolute atomic E-state index is 12.8. The molecule has 2 fully saturated rings. The molecule has 23 heavy (non-hydrogen) atoms. The van der Waals surface area contributed by atoms with Gasteiger partial charge in [-0.3, -0.25) is 9.69 Å². The van der Waals surface area contributed by atoms with Crippen LogP contribution in [-0.4, -0.2) is 35.5 Å². The van der Waals surface area contributed by atoms with Crippen LogP contribution in [0.15, 0.2) is 24.3 Å². The maximum atomic E-state index is 12.8. The number of halogens is 1. The van der Waals surface area contributed by atoms with E-state index >= 15 is 0 Å². The van der Waals surface area contributed by atoms with Crippen LogP contribution in [0.25, 0.3) is 0 Å². The Balaban J connectivity index is 1.49. The monoisotopic (exact) mass is 320 g/mol. The summed E-state index contributed by atoms with van der Waals surface area (Å²) in [7, 11) is 0. The minimum atomic E-state index is -0.660. The van der Waals surface area contributed by atoms with Crippen LogP contribution < -0.4 is 10.1 Å². The third kappa shape index (κ3) is 3.30. The van der Waals surface area contributed by atoms with Crippen molar-refractivity contribution in [2.75, 3.05) is 13.2 Å². The zero-order valence-electron chi connectivity index (χ0n) is 13.0. The first-order chi connectivity index (χ1) is 11.1. The van der Waals surface area contributed by atoms with Crippen molar-refractivity contribution in [1.29, 1.82) is 0 Å². The summed E-state index contributed by atoms with van der Waals surface area (Å²) in [6.45, 7) is 0.712. The molecule has 1 N–H and O–H groups in total. The number of carbonyl (C=O) groups excluding carboxylic acids is 2. The van der Waals surface area contributed by atoms with E-state index in [2.05, 4.69) is 5.32 Å². The lowest BCUT2D eigenvalue weighted by Gasteiger charge is -2.30. The summed E-state index contributed by atoms with van der Waals surface area (Å²) in [5.74, 6) is 0.172. The Kier molecular flexibility index (Phi) is 4.50. The molecule has 1 saturated carbocycles. The van der Waals surface area contributed by atoms with Crippen molar-refractivity contribution in [1.82, 2.24) is 10.2 Å². The van der Waals surface area contributed by atoms with E-state index in [1.165, 1.54) is 17.0 Å². The molecule has 1 spiro atoms. The highest BCUT2D eigenvalue weighted by Gasteiger charge is 2.50. The number of hydrogen-bond donors (Lipinski definition) is 1. The first kappa shape index (κ1) is 15.8. The maximum Gasteiger partial charge on any atom is 0.325 e. The topological polar surface area (TPSA) is 58.6 Å². The van der Waals surface area contributed by atoms with Crippen LogP contribution in [-0.2, 0) is 4.79 Å². The van der Waals surface area contributed by atoms with Crippen LogP contribution in [0.5, 0.6) is 5.75 Å². The Morgan fingerprint density at radius 3 is 2.52 bits per heavy atom. The second-order valence-electron chi connectivity index (χ2n) is 6.19. The highest BCUT2D eigenvalue weighted by Crippen LogP contribution is 2.33. The third-order valence-electron chi connectivity index (χ3n) is 4.56. The Morgan fingerprint density at radius 2 is 1.83 bits per heavy atom. The van der Waals surface area contributed by atoms with Crippen LogP contribution in [0.3, 0.4) is 0 Å². The summed E-state index contributed by atoms with van der Waals surface area (Å²) in [5.41, 5.74) is -0.660. The van der Waals surface area contributed by atoms with E-state index in [0.717, 1.165) is 32.1 Å². The van der Waals surface area contributed by atoms with Gasteiger partial charge >= 0.3 is 6.03 Å². The molecule has 1 aliphatic heterocycles. The average Bonchev–Trinajstić information content (AvgIpc) is 2.77. The lowest BCUT2D eigenvalue weighted by atomic mass is 9.82. The molecule has 3 amide bonds. The molecule has 124 valence electrons. The fourth-order valence-electron chi connectivity index (χ4n) is 3.32. The molecule has 0 radical (unpaired) electrons. The van der Waals surface area contributed by atoms with Gasteiger partial charge in [0, 0.05) is 6.54 Å². The van der Waals surface area contributed by atoms with Crippen LogP contribution >= 0.6 is 0 Å². The molecule has 5 nitrogen and oxygen atoms in total. The summed E-state index contributed by atoms with van der Waals surface area (Å²) >= 11 is 0. The van der Waals surface area contributed by atoms with E-state index in [4.69, 9.17) is 4.74 Å². The van der Waals surface area contributed by atoms with Crippen molar-refractivity contribution in [2.24, 2.45) is 0 Å². The largest absolute Gasteiger partial charge is 0.494 e. The molecule has 6 heteroatoms. The predicted molar refractivity (Wildman–Crippen MR) is 82.6 cm³/mol. The molecule has 1 aliphatic carbocycles. The van der Waals surface area contributed by atoms with Crippen LogP contribution in [0, 0.1) is 5.82 Å². The average molecular weight is 320 g/mol. The van der Waals surface area contributed by atoms with Crippen molar-refractivity contribution >= 4 is 11.9 Å². The molecular weight excluding hydrogens is 299 g/mol. The van der Waals surface area contributed by atoms with E-state index in [9.17, 15) is 14.0 Å². The normalized spacial score (nSPS) is 20.0. The van der Waals surface area contributed by atoms with Crippen molar-refractivity contribution in [3.8, 4) is 5.75 Å². The molecule has 0 atom stereocenters. The second-order valence-corrected chi connectivity index (χ2v) is 6.19. The van der Waals surface area contributed by atoms with Gasteiger partial charge in [-0.1, -0.05) is 19.3 Å². The number of urea groups is 1. The number of rotatable bonds is 5. The SMILES string of the molecule is O=C1NC2(CCCCC2)C(=O)N1CCCOc1ccc(F)cc1. The lowest BCUT2D eigenvalue weighted by Crippen LogP contribution is -2.48. The molecule has 1 aromatic rings. The van der Waals surface area contributed by atoms with Crippen LogP contribution in [0.2, 0.25) is 0 Å². The second kappa shape index (κ2) is 6.56. The minimum Gasteiger partial charge on any atom is -0.494 e. The molecule has 1 saturated heterocycles. The van der Waals surface area contributed by atoms with E-state index in [0.29, 0.717) is 25.3 Å². The molecular formula is C17H21FN2O3.